The van der Waals surface area contributed by atoms with E-state index in [0.29, 0.717) is 6.42 Å². The van der Waals surface area contributed by atoms with Gasteiger partial charge in [0.1, 0.15) is 0 Å². The van der Waals surface area contributed by atoms with Crippen LogP contribution in [0.4, 0.5) is 5.69 Å². The average Bonchev–Trinajstić information content (AvgIpc) is 2.75. The van der Waals surface area contributed by atoms with Crippen molar-refractivity contribution in [1.29, 1.82) is 5.26 Å². The molecular weight excluding hydrogens is 228 g/mol. The van der Waals surface area contributed by atoms with Crippen molar-refractivity contribution in [2.24, 2.45) is 0 Å². The number of benzene rings is 1. The summed E-state index contributed by atoms with van der Waals surface area (Å²) >= 11 is 1.81. The van der Waals surface area contributed by atoms with Crippen molar-refractivity contribution >= 4 is 17.0 Å². The highest BCUT2D eigenvalue weighted by atomic mass is 32.1. The number of rotatable bonds is 4. The number of anilines is 1. The van der Waals surface area contributed by atoms with Crippen molar-refractivity contribution in [2.45, 2.75) is 19.9 Å². The van der Waals surface area contributed by atoms with E-state index in [2.05, 4.69) is 30.4 Å². The van der Waals surface area contributed by atoms with Gasteiger partial charge in [0.2, 0.25) is 0 Å². The molecule has 0 aliphatic heterocycles. The first-order valence-electron chi connectivity index (χ1n) is 5.53. The van der Waals surface area contributed by atoms with Crippen molar-refractivity contribution in [2.75, 3.05) is 5.32 Å². The molecule has 0 bridgehead atoms. The molecule has 1 N–H and O–H groups in total. The zero-order valence-corrected chi connectivity index (χ0v) is 10.6. The molecule has 0 aliphatic rings. The van der Waals surface area contributed by atoms with Crippen LogP contribution in [0.3, 0.4) is 0 Å². The maximum absolute atomic E-state index is 8.58. The van der Waals surface area contributed by atoms with Crippen LogP contribution in [0.5, 0.6) is 0 Å². The smallest absolute Gasteiger partial charge is 0.0669 e. The summed E-state index contributed by atoms with van der Waals surface area (Å²) in [4.78, 5) is 2.68. The molecule has 2 rings (SSSR count). The van der Waals surface area contributed by atoms with Crippen LogP contribution >= 0.6 is 11.3 Å². The molecule has 1 heterocycles. The van der Waals surface area contributed by atoms with E-state index in [1.807, 2.05) is 35.6 Å². The van der Waals surface area contributed by atoms with Crippen LogP contribution < -0.4 is 5.32 Å². The summed E-state index contributed by atoms with van der Waals surface area (Å²) in [6.07, 6.45) is 0.477. The SMILES string of the molecule is Cc1ccc(CNc2ccc(CC#N)cc2)s1. The number of nitrogens with one attached hydrogen (secondary N) is 1. The fourth-order valence-electron chi connectivity index (χ4n) is 1.60. The van der Waals surface area contributed by atoms with Gasteiger partial charge in [-0.05, 0) is 36.8 Å². The second-order valence-corrected chi connectivity index (χ2v) is 5.27. The zero-order valence-electron chi connectivity index (χ0n) is 9.73. The molecule has 0 amide bonds. The number of hydrogen-bond donors (Lipinski definition) is 1. The molecule has 17 heavy (non-hydrogen) atoms. The molecule has 3 heteroatoms. The van der Waals surface area contributed by atoms with Gasteiger partial charge in [-0.2, -0.15) is 5.26 Å². The molecule has 0 radical (unpaired) electrons. The lowest BCUT2D eigenvalue weighted by Gasteiger charge is -2.05. The lowest BCUT2D eigenvalue weighted by atomic mass is 10.1. The molecular formula is C14H14N2S. The normalized spacial score (nSPS) is 9.88. The maximum Gasteiger partial charge on any atom is 0.0669 e. The van der Waals surface area contributed by atoms with Gasteiger partial charge >= 0.3 is 0 Å². The van der Waals surface area contributed by atoms with Gasteiger partial charge in [-0.25, -0.2) is 0 Å². The Labute approximate surface area is 106 Å². The molecule has 0 fully saturated rings. The van der Waals surface area contributed by atoms with Crippen LogP contribution in [0, 0.1) is 18.3 Å². The summed E-state index contributed by atoms with van der Waals surface area (Å²) in [6.45, 7) is 2.97. The Morgan fingerprint density at radius 1 is 1.18 bits per heavy atom. The van der Waals surface area contributed by atoms with Crippen LogP contribution in [-0.2, 0) is 13.0 Å². The van der Waals surface area contributed by atoms with Crippen LogP contribution in [0.2, 0.25) is 0 Å². The molecule has 2 aromatic rings. The lowest BCUT2D eigenvalue weighted by Crippen LogP contribution is -1.97. The second kappa shape index (κ2) is 5.51. The predicted molar refractivity (Wildman–Crippen MR) is 72.1 cm³/mol. The van der Waals surface area contributed by atoms with Crippen LogP contribution in [-0.4, -0.2) is 0 Å². The molecule has 0 spiro atoms. The fourth-order valence-corrected chi connectivity index (χ4v) is 2.43. The average molecular weight is 242 g/mol. The topological polar surface area (TPSA) is 35.8 Å². The van der Waals surface area contributed by atoms with Crippen molar-refractivity contribution in [3.8, 4) is 6.07 Å². The maximum atomic E-state index is 8.58. The summed E-state index contributed by atoms with van der Waals surface area (Å²) in [7, 11) is 0. The lowest BCUT2D eigenvalue weighted by molar-refractivity contribution is 1.18. The van der Waals surface area contributed by atoms with Gasteiger partial charge in [-0.3, -0.25) is 0 Å². The Kier molecular flexibility index (Phi) is 3.79. The van der Waals surface area contributed by atoms with E-state index < -0.39 is 0 Å². The third kappa shape index (κ3) is 3.33. The molecule has 86 valence electrons. The number of thiophene rings is 1. The van der Waals surface area contributed by atoms with E-state index in [1.165, 1.54) is 9.75 Å². The number of nitrogens with zero attached hydrogens (tertiary/aromatic N) is 1. The first-order valence-corrected chi connectivity index (χ1v) is 6.34. The fraction of sp³-hybridized carbons (Fsp3) is 0.214. The monoisotopic (exact) mass is 242 g/mol. The minimum atomic E-state index is 0.477. The van der Waals surface area contributed by atoms with Gasteiger partial charge < -0.3 is 5.32 Å². The largest absolute Gasteiger partial charge is 0.380 e. The summed E-state index contributed by atoms with van der Waals surface area (Å²) in [5, 5.41) is 12.0. The van der Waals surface area contributed by atoms with E-state index >= 15 is 0 Å². The highest BCUT2D eigenvalue weighted by Crippen LogP contribution is 2.17. The quantitative estimate of drug-likeness (QED) is 0.886. The Balaban J connectivity index is 1.93. The molecule has 0 saturated heterocycles. The number of hydrogen-bond acceptors (Lipinski definition) is 3. The van der Waals surface area contributed by atoms with Gasteiger partial charge in [0.15, 0.2) is 0 Å². The van der Waals surface area contributed by atoms with Crippen molar-refractivity contribution in [3.05, 3.63) is 51.7 Å². The first-order chi connectivity index (χ1) is 8.28. The minimum Gasteiger partial charge on any atom is -0.380 e. The highest BCUT2D eigenvalue weighted by Gasteiger charge is 1.97. The molecule has 0 unspecified atom stereocenters. The van der Waals surface area contributed by atoms with Crippen molar-refractivity contribution < 1.29 is 0 Å². The van der Waals surface area contributed by atoms with E-state index in [9.17, 15) is 0 Å². The van der Waals surface area contributed by atoms with Gasteiger partial charge in [-0.1, -0.05) is 12.1 Å². The molecule has 2 nitrogen and oxygen atoms in total. The van der Waals surface area contributed by atoms with E-state index in [4.69, 9.17) is 5.26 Å². The molecule has 1 aromatic heterocycles. The molecule has 0 aliphatic carbocycles. The highest BCUT2D eigenvalue weighted by molar-refractivity contribution is 7.11. The van der Waals surface area contributed by atoms with Gasteiger partial charge in [0, 0.05) is 22.0 Å². The standard InChI is InChI=1S/C14H14N2S/c1-11-2-7-14(17-11)10-16-13-5-3-12(4-6-13)8-9-15/h2-7,16H,8,10H2,1H3. The third-order valence-electron chi connectivity index (χ3n) is 2.50. The Morgan fingerprint density at radius 3 is 2.53 bits per heavy atom. The van der Waals surface area contributed by atoms with Gasteiger partial charge in [0.25, 0.3) is 0 Å². The van der Waals surface area contributed by atoms with Crippen LogP contribution in [0.25, 0.3) is 0 Å². The van der Waals surface area contributed by atoms with E-state index in [-0.39, 0.29) is 0 Å². The van der Waals surface area contributed by atoms with Gasteiger partial charge in [-0.15, -0.1) is 11.3 Å². The van der Waals surface area contributed by atoms with Gasteiger partial charge in [0.05, 0.1) is 12.5 Å². The summed E-state index contributed by atoms with van der Waals surface area (Å²) in [5.41, 5.74) is 2.16. The van der Waals surface area contributed by atoms with Crippen molar-refractivity contribution in [3.63, 3.8) is 0 Å². The zero-order chi connectivity index (χ0) is 12.1. The Morgan fingerprint density at radius 2 is 1.94 bits per heavy atom. The Hall–Kier alpha value is -1.79. The predicted octanol–water partition coefficient (Wildman–Crippen LogP) is 3.73. The molecule has 0 saturated carbocycles. The van der Waals surface area contributed by atoms with Crippen LogP contribution in [0.15, 0.2) is 36.4 Å². The van der Waals surface area contributed by atoms with E-state index in [0.717, 1.165) is 17.8 Å². The minimum absolute atomic E-state index is 0.477. The summed E-state index contributed by atoms with van der Waals surface area (Å²) in [5.74, 6) is 0. The molecule has 0 atom stereocenters. The first kappa shape index (κ1) is 11.7. The third-order valence-corrected chi connectivity index (χ3v) is 3.50. The molecule has 1 aromatic carbocycles. The number of nitriles is 1. The Bertz CT molecular complexity index is 520. The van der Waals surface area contributed by atoms with Crippen molar-refractivity contribution in [1.82, 2.24) is 0 Å². The van der Waals surface area contributed by atoms with Crippen LogP contribution in [0.1, 0.15) is 15.3 Å². The summed E-state index contributed by atoms with van der Waals surface area (Å²) in [6, 6.07) is 14.5. The van der Waals surface area contributed by atoms with E-state index in [1.54, 1.807) is 0 Å². The second-order valence-electron chi connectivity index (χ2n) is 3.90. The number of aryl methyl sites for hydroxylation is 1. The summed E-state index contributed by atoms with van der Waals surface area (Å²) < 4.78 is 0.